The molecule has 152 valence electrons. The highest BCUT2D eigenvalue weighted by Gasteiger charge is 2.42. The molecule has 3 aliphatic heterocycles. The Morgan fingerprint density at radius 2 is 1.75 bits per heavy atom. The predicted octanol–water partition coefficient (Wildman–Crippen LogP) is 3.92. The van der Waals surface area contributed by atoms with E-state index in [1.54, 1.807) is 14.2 Å². The fourth-order valence-corrected chi connectivity index (χ4v) is 5.05. The molecule has 0 radical (unpaired) electrons. The van der Waals surface area contributed by atoms with Crippen molar-refractivity contribution in [2.45, 2.75) is 52.6 Å². The molecule has 0 bridgehead atoms. The summed E-state index contributed by atoms with van der Waals surface area (Å²) in [4.78, 5) is 17.6. The lowest BCUT2D eigenvalue weighted by Crippen LogP contribution is -2.55. The van der Waals surface area contributed by atoms with E-state index < -0.39 is 0 Å². The summed E-state index contributed by atoms with van der Waals surface area (Å²) in [6.07, 6.45) is 6.25. The number of rotatable bonds is 2. The Labute approximate surface area is 168 Å². The summed E-state index contributed by atoms with van der Waals surface area (Å²) >= 11 is 0. The lowest BCUT2D eigenvalue weighted by molar-refractivity contribution is -0.133. The molecule has 5 nitrogen and oxygen atoms in total. The van der Waals surface area contributed by atoms with E-state index in [1.165, 1.54) is 12.0 Å². The van der Waals surface area contributed by atoms with Gasteiger partial charge in [-0.3, -0.25) is 4.79 Å². The number of amides is 1. The van der Waals surface area contributed by atoms with Crippen LogP contribution in [0.15, 0.2) is 18.2 Å². The second-order valence-electron chi connectivity index (χ2n) is 9.29. The highest BCUT2D eigenvalue weighted by molar-refractivity contribution is 5.97. The Morgan fingerprint density at radius 3 is 2.43 bits per heavy atom. The summed E-state index contributed by atoms with van der Waals surface area (Å²) < 4.78 is 11.0. The molecule has 2 unspecified atom stereocenters. The number of ether oxygens (including phenoxy) is 2. The smallest absolute Gasteiger partial charge is 0.250 e. The van der Waals surface area contributed by atoms with Crippen molar-refractivity contribution >= 4 is 11.6 Å². The van der Waals surface area contributed by atoms with Crippen LogP contribution in [0.1, 0.15) is 51.2 Å². The van der Waals surface area contributed by atoms with Crippen LogP contribution in [-0.2, 0) is 11.2 Å². The fraction of sp³-hybridized carbons (Fsp3) is 0.609. The average Bonchev–Trinajstić information content (AvgIpc) is 2.90. The lowest BCUT2D eigenvalue weighted by Gasteiger charge is -2.48. The van der Waals surface area contributed by atoms with Gasteiger partial charge in [0.2, 0.25) is 5.91 Å². The number of carbonyl (C=O) groups excluding carboxylic acids is 1. The van der Waals surface area contributed by atoms with Crippen LogP contribution >= 0.6 is 0 Å². The predicted molar refractivity (Wildman–Crippen MR) is 110 cm³/mol. The molecule has 5 heteroatoms. The maximum absolute atomic E-state index is 13.0. The third-order valence-corrected chi connectivity index (χ3v) is 6.75. The molecule has 3 heterocycles. The van der Waals surface area contributed by atoms with Crippen LogP contribution < -0.4 is 9.47 Å². The maximum atomic E-state index is 13.0. The molecule has 3 aliphatic rings. The van der Waals surface area contributed by atoms with Crippen LogP contribution in [-0.4, -0.2) is 49.2 Å². The Morgan fingerprint density at radius 1 is 1.04 bits per heavy atom. The molecular weight excluding hydrogens is 352 g/mol. The summed E-state index contributed by atoms with van der Waals surface area (Å²) in [7, 11) is 3.32. The zero-order valence-electron chi connectivity index (χ0n) is 17.7. The van der Waals surface area contributed by atoms with Gasteiger partial charge in [0.05, 0.1) is 19.9 Å². The number of hydrogen-bond donors (Lipinski definition) is 0. The van der Waals surface area contributed by atoms with Crippen LogP contribution in [0.4, 0.5) is 0 Å². The molecule has 1 saturated heterocycles. The van der Waals surface area contributed by atoms with E-state index in [-0.39, 0.29) is 17.5 Å². The van der Waals surface area contributed by atoms with Crippen molar-refractivity contribution in [1.29, 1.82) is 0 Å². The quantitative estimate of drug-likeness (QED) is 0.775. The molecular formula is C23H32N2O3. The standard InChI is InChI=1S/C23H32N2O3/c1-23(2,3)16-7-6-9-25-21(12-16)24-10-8-15-11-19(27-4)20(28-5)13-17(15)18(24)14-22(25)26/h11,13-14,16,21H,6-10,12H2,1-5H3. The van der Waals surface area contributed by atoms with E-state index in [0.29, 0.717) is 11.7 Å². The Hall–Kier alpha value is -2.17. The Kier molecular flexibility index (Phi) is 4.80. The molecule has 0 spiro atoms. The highest BCUT2D eigenvalue weighted by atomic mass is 16.5. The van der Waals surface area contributed by atoms with Gasteiger partial charge in [-0.2, -0.15) is 0 Å². The first kappa shape index (κ1) is 19.2. The van der Waals surface area contributed by atoms with Gasteiger partial charge in [-0.05, 0) is 54.7 Å². The molecule has 4 rings (SSSR count). The Bertz CT molecular complexity index is 809. The molecule has 0 aromatic heterocycles. The third-order valence-electron chi connectivity index (χ3n) is 6.75. The van der Waals surface area contributed by atoms with Gasteiger partial charge in [0.25, 0.3) is 0 Å². The van der Waals surface area contributed by atoms with Crippen LogP contribution in [0.25, 0.3) is 5.70 Å². The number of nitrogens with zero attached hydrogens (tertiary/aromatic N) is 2. The minimum absolute atomic E-state index is 0.147. The van der Waals surface area contributed by atoms with Crippen LogP contribution in [0, 0.1) is 11.3 Å². The lowest BCUT2D eigenvalue weighted by atomic mass is 9.75. The maximum Gasteiger partial charge on any atom is 0.250 e. The molecule has 1 aromatic rings. The number of methoxy groups -OCH3 is 2. The van der Waals surface area contributed by atoms with Gasteiger partial charge in [0.1, 0.15) is 6.17 Å². The van der Waals surface area contributed by atoms with E-state index in [1.807, 2.05) is 12.1 Å². The van der Waals surface area contributed by atoms with Gasteiger partial charge >= 0.3 is 0 Å². The number of carbonyl (C=O) groups is 1. The first-order chi connectivity index (χ1) is 13.3. The molecule has 1 amide bonds. The minimum atomic E-state index is 0.147. The fourth-order valence-electron chi connectivity index (χ4n) is 5.05. The van der Waals surface area contributed by atoms with Crippen molar-refractivity contribution in [2.75, 3.05) is 27.3 Å². The third kappa shape index (κ3) is 3.15. The monoisotopic (exact) mass is 384 g/mol. The highest BCUT2D eigenvalue weighted by Crippen LogP contribution is 2.44. The van der Waals surface area contributed by atoms with Crippen molar-refractivity contribution in [2.24, 2.45) is 11.3 Å². The number of benzene rings is 1. The second-order valence-corrected chi connectivity index (χ2v) is 9.29. The van der Waals surface area contributed by atoms with Gasteiger partial charge < -0.3 is 19.3 Å². The second kappa shape index (κ2) is 7.02. The van der Waals surface area contributed by atoms with Crippen molar-refractivity contribution in [3.05, 3.63) is 29.3 Å². The summed E-state index contributed by atoms with van der Waals surface area (Å²) in [6, 6.07) is 4.10. The largest absolute Gasteiger partial charge is 0.493 e. The van der Waals surface area contributed by atoms with Crippen molar-refractivity contribution < 1.29 is 14.3 Å². The normalized spacial score (nSPS) is 24.6. The van der Waals surface area contributed by atoms with Crippen molar-refractivity contribution in [3.8, 4) is 11.5 Å². The number of hydrogen-bond acceptors (Lipinski definition) is 4. The molecule has 1 aromatic carbocycles. The molecule has 0 saturated carbocycles. The van der Waals surface area contributed by atoms with E-state index in [9.17, 15) is 4.79 Å². The molecule has 28 heavy (non-hydrogen) atoms. The van der Waals surface area contributed by atoms with Gasteiger partial charge in [-0.25, -0.2) is 0 Å². The minimum Gasteiger partial charge on any atom is -0.493 e. The topological polar surface area (TPSA) is 42.0 Å². The van der Waals surface area contributed by atoms with Gasteiger partial charge in [0, 0.05) is 24.7 Å². The first-order valence-electron chi connectivity index (χ1n) is 10.4. The van der Waals surface area contributed by atoms with E-state index in [4.69, 9.17) is 9.47 Å². The number of fused-ring (bicyclic) bond motifs is 5. The zero-order valence-corrected chi connectivity index (χ0v) is 17.7. The molecule has 1 fully saturated rings. The molecule has 0 aliphatic carbocycles. The summed E-state index contributed by atoms with van der Waals surface area (Å²) in [5.74, 6) is 2.23. The van der Waals surface area contributed by atoms with Gasteiger partial charge in [-0.15, -0.1) is 0 Å². The molecule has 2 atom stereocenters. The van der Waals surface area contributed by atoms with Crippen LogP contribution in [0.3, 0.4) is 0 Å². The zero-order chi connectivity index (χ0) is 20.1. The van der Waals surface area contributed by atoms with Crippen molar-refractivity contribution in [3.63, 3.8) is 0 Å². The Balaban J connectivity index is 1.75. The summed E-state index contributed by atoms with van der Waals surface area (Å²) in [5, 5.41) is 0. The summed E-state index contributed by atoms with van der Waals surface area (Å²) in [5.41, 5.74) is 3.63. The summed E-state index contributed by atoms with van der Waals surface area (Å²) in [6.45, 7) is 8.78. The van der Waals surface area contributed by atoms with Crippen LogP contribution in [0.5, 0.6) is 11.5 Å². The van der Waals surface area contributed by atoms with Gasteiger partial charge in [0.15, 0.2) is 11.5 Å². The molecule has 0 N–H and O–H groups in total. The SMILES string of the molecule is COc1cc2c(cc1OC)C1=CC(=O)N3CCCC(C(C)(C)C)CC3N1CC2. The van der Waals surface area contributed by atoms with E-state index in [0.717, 1.165) is 49.4 Å². The average molecular weight is 385 g/mol. The first-order valence-corrected chi connectivity index (χ1v) is 10.4. The van der Waals surface area contributed by atoms with Crippen LogP contribution in [0.2, 0.25) is 0 Å². The van der Waals surface area contributed by atoms with E-state index >= 15 is 0 Å². The van der Waals surface area contributed by atoms with Crippen molar-refractivity contribution in [1.82, 2.24) is 9.80 Å². The van der Waals surface area contributed by atoms with E-state index in [2.05, 4.69) is 36.6 Å². The van der Waals surface area contributed by atoms with Gasteiger partial charge in [-0.1, -0.05) is 20.8 Å².